The monoisotopic (exact) mass is 490 g/mol. The van der Waals surface area contributed by atoms with Crippen LogP contribution in [0.3, 0.4) is 0 Å². The van der Waals surface area contributed by atoms with E-state index in [2.05, 4.69) is 11.4 Å². The minimum absolute atomic E-state index is 0.123. The van der Waals surface area contributed by atoms with Crippen molar-refractivity contribution in [1.29, 1.82) is 0 Å². The number of allylic oxidation sites excluding steroid dienone is 2. The Morgan fingerprint density at radius 1 is 1.09 bits per heavy atom. The maximum Gasteiger partial charge on any atom is 0.303 e. The van der Waals surface area contributed by atoms with E-state index in [0.717, 1.165) is 30.6 Å². The van der Waals surface area contributed by atoms with Gasteiger partial charge in [0.15, 0.2) is 0 Å². The molecule has 2 heterocycles. The van der Waals surface area contributed by atoms with Gasteiger partial charge in [-0.2, -0.15) is 0 Å². The summed E-state index contributed by atoms with van der Waals surface area (Å²) < 4.78 is 6.06. The molecule has 0 radical (unpaired) electrons. The molecule has 34 heavy (non-hydrogen) atoms. The SMILES string of the molecule is O=C(O)CCC/C=C\C[C@H]1[C@@H](CNC(=O)CN(O)C(=O)CCSc2ccccc2)[C@H]2CC[C@@H]1O2. The molecular weight excluding hydrogens is 456 g/mol. The van der Waals surface area contributed by atoms with Gasteiger partial charge in [0, 0.05) is 36.0 Å². The lowest BCUT2D eigenvalue weighted by Crippen LogP contribution is -2.43. The number of ether oxygens (including phenoxy) is 1. The third-order valence-electron chi connectivity index (χ3n) is 6.37. The Bertz CT molecular complexity index is 849. The Labute approximate surface area is 204 Å². The van der Waals surface area contributed by atoms with Gasteiger partial charge in [-0.05, 0) is 50.2 Å². The normalized spacial score (nSPS) is 23.3. The summed E-state index contributed by atoms with van der Waals surface area (Å²) in [5.41, 5.74) is 0. The summed E-state index contributed by atoms with van der Waals surface area (Å²) >= 11 is 1.53. The molecule has 3 rings (SSSR count). The number of carboxylic acids is 1. The van der Waals surface area contributed by atoms with Gasteiger partial charge in [0.05, 0.1) is 12.2 Å². The predicted octanol–water partition coefficient (Wildman–Crippen LogP) is 3.50. The van der Waals surface area contributed by atoms with Crippen molar-refractivity contribution >= 4 is 29.5 Å². The molecule has 2 amide bonds. The summed E-state index contributed by atoms with van der Waals surface area (Å²) in [6.07, 6.45) is 8.93. The van der Waals surface area contributed by atoms with E-state index >= 15 is 0 Å². The van der Waals surface area contributed by atoms with Gasteiger partial charge in [0.25, 0.3) is 0 Å². The highest BCUT2D eigenvalue weighted by molar-refractivity contribution is 7.99. The lowest BCUT2D eigenvalue weighted by Gasteiger charge is -2.27. The molecule has 2 fully saturated rings. The van der Waals surface area contributed by atoms with Crippen molar-refractivity contribution in [1.82, 2.24) is 10.4 Å². The lowest BCUT2D eigenvalue weighted by molar-refractivity contribution is -0.168. The van der Waals surface area contributed by atoms with E-state index in [-0.39, 0.29) is 37.5 Å². The van der Waals surface area contributed by atoms with Crippen LogP contribution in [0.1, 0.15) is 44.9 Å². The Balaban J connectivity index is 1.36. The van der Waals surface area contributed by atoms with Crippen LogP contribution in [0.15, 0.2) is 47.4 Å². The number of amides is 2. The molecular formula is C25H34N2O6S. The largest absolute Gasteiger partial charge is 0.481 e. The Morgan fingerprint density at radius 3 is 2.56 bits per heavy atom. The van der Waals surface area contributed by atoms with Gasteiger partial charge in [0.1, 0.15) is 6.54 Å². The van der Waals surface area contributed by atoms with E-state index in [1.54, 1.807) is 0 Å². The number of hydroxylamine groups is 2. The van der Waals surface area contributed by atoms with Gasteiger partial charge in [0.2, 0.25) is 11.8 Å². The molecule has 1 aromatic rings. The van der Waals surface area contributed by atoms with Crippen LogP contribution >= 0.6 is 11.8 Å². The number of benzene rings is 1. The highest BCUT2D eigenvalue weighted by atomic mass is 32.2. The van der Waals surface area contributed by atoms with Crippen LogP contribution < -0.4 is 5.32 Å². The number of rotatable bonds is 14. The first-order valence-electron chi connectivity index (χ1n) is 11.9. The third-order valence-corrected chi connectivity index (χ3v) is 7.38. The number of hydrogen-bond acceptors (Lipinski definition) is 6. The molecule has 9 heteroatoms. The van der Waals surface area contributed by atoms with Crippen LogP contribution in [0, 0.1) is 11.8 Å². The van der Waals surface area contributed by atoms with Gasteiger partial charge < -0.3 is 15.2 Å². The number of carboxylic acid groups (broad SMARTS) is 1. The molecule has 0 spiro atoms. The molecule has 2 aliphatic heterocycles. The molecule has 2 aliphatic rings. The number of thioether (sulfide) groups is 1. The first kappa shape index (κ1) is 26.2. The molecule has 2 saturated heterocycles. The number of hydrogen-bond donors (Lipinski definition) is 3. The van der Waals surface area contributed by atoms with Crippen LogP contribution in [-0.2, 0) is 19.1 Å². The summed E-state index contributed by atoms with van der Waals surface area (Å²) in [6, 6.07) is 9.70. The maximum absolute atomic E-state index is 12.3. The molecule has 4 atom stereocenters. The molecule has 0 saturated carbocycles. The van der Waals surface area contributed by atoms with Crippen LogP contribution in [0.25, 0.3) is 0 Å². The fraction of sp³-hybridized carbons (Fsp3) is 0.560. The number of carbonyl (C=O) groups excluding carboxylic acids is 2. The highest BCUT2D eigenvalue weighted by Gasteiger charge is 2.48. The maximum atomic E-state index is 12.3. The first-order chi connectivity index (χ1) is 16.4. The van der Waals surface area contributed by atoms with E-state index in [9.17, 15) is 19.6 Å². The second-order valence-corrected chi connectivity index (χ2v) is 9.95. The molecule has 1 aromatic carbocycles. The molecule has 3 N–H and O–H groups in total. The lowest BCUT2D eigenvalue weighted by atomic mass is 9.77. The Hall–Kier alpha value is -2.36. The van der Waals surface area contributed by atoms with Crippen molar-refractivity contribution in [2.75, 3.05) is 18.8 Å². The fourth-order valence-corrected chi connectivity index (χ4v) is 5.50. The van der Waals surface area contributed by atoms with Crippen LogP contribution in [0.4, 0.5) is 0 Å². The van der Waals surface area contributed by atoms with Crippen LogP contribution in [-0.4, -0.2) is 64.2 Å². The molecule has 2 bridgehead atoms. The zero-order chi connectivity index (χ0) is 24.3. The number of aliphatic carboxylic acids is 1. The third kappa shape index (κ3) is 8.14. The molecule has 0 unspecified atom stereocenters. The summed E-state index contributed by atoms with van der Waals surface area (Å²) in [7, 11) is 0. The summed E-state index contributed by atoms with van der Waals surface area (Å²) in [5.74, 6) is -0.631. The van der Waals surface area contributed by atoms with E-state index in [1.165, 1.54) is 11.8 Å². The predicted molar refractivity (Wildman–Crippen MR) is 128 cm³/mol. The van der Waals surface area contributed by atoms with Crippen molar-refractivity contribution in [3.63, 3.8) is 0 Å². The zero-order valence-corrected chi connectivity index (χ0v) is 20.1. The van der Waals surface area contributed by atoms with Crippen molar-refractivity contribution in [3.8, 4) is 0 Å². The second kappa shape index (κ2) is 13.5. The Kier molecular flexibility index (Phi) is 10.4. The van der Waals surface area contributed by atoms with Crippen molar-refractivity contribution in [2.45, 2.75) is 62.0 Å². The summed E-state index contributed by atoms with van der Waals surface area (Å²) in [5, 5.41) is 22.1. The van der Waals surface area contributed by atoms with Gasteiger partial charge in [-0.1, -0.05) is 30.4 Å². The minimum atomic E-state index is -0.778. The van der Waals surface area contributed by atoms with Gasteiger partial charge in [-0.3, -0.25) is 19.6 Å². The van der Waals surface area contributed by atoms with Crippen LogP contribution in [0.5, 0.6) is 0 Å². The summed E-state index contributed by atoms with van der Waals surface area (Å²) in [6.45, 7) is 0.0636. The fourth-order valence-electron chi connectivity index (χ4n) is 4.64. The number of unbranched alkanes of at least 4 members (excludes halogenated alkanes) is 1. The van der Waals surface area contributed by atoms with Crippen molar-refractivity contribution < 1.29 is 29.4 Å². The molecule has 0 aromatic heterocycles. The van der Waals surface area contributed by atoms with Crippen LogP contribution in [0.2, 0.25) is 0 Å². The average Bonchev–Trinajstić information content (AvgIpc) is 3.42. The topological polar surface area (TPSA) is 116 Å². The molecule has 186 valence electrons. The smallest absolute Gasteiger partial charge is 0.303 e. The zero-order valence-electron chi connectivity index (χ0n) is 19.3. The number of fused-ring (bicyclic) bond motifs is 2. The van der Waals surface area contributed by atoms with E-state index in [1.807, 2.05) is 36.4 Å². The van der Waals surface area contributed by atoms with E-state index in [0.29, 0.717) is 29.7 Å². The average molecular weight is 491 g/mol. The first-order valence-corrected chi connectivity index (χ1v) is 12.9. The minimum Gasteiger partial charge on any atom is -0.481 e. The van der Waals surface area contributed by atoms with Crippen molar-refractivity contribution in [3.05, 3.63) is 42.5 Å². The molecule has 0 aliphatic carbocycles. The standard InChI is InChI=1S/C25H34N2O6S/c28-23(17-27(32)24(29)14-15-34-18-8-4-3-5-9-18)26-16-20-19(21-12-13-22(20)33-21)10-6-1-2-7-11-25(30)31/h1,3-6,8-9,19-22,32H,2,7,10-17H2,(H,26,28)(H,30,31)/b6-1-/t19-,20+,21-,22+/m0/s1. The van der Waals surface area contributed by atoms with Gasteiger partial charge in [-0.15, -0.1) is 11.8 Å². The van der Waals surface area contributed by atoms with Crippen molar-refractivity contribution in [2.24, 2.45) is 11.8 Å². The number of carbonyl (C=O) groups is 3. The second-order valence-electron chi connectivity index (χ2n) is 8.78. The van der Waals surface area contributed by atoms with E-state index < -0.39 is 17.8 Å². The van der Waals surface area contributed by atoms with Gasteiger partial charge >= 0.3 is 5.97 Å². The highest BCUT2D eigenvalue weighted by Crippen LogP contribution is 2.44. The summed E-state index contributed by atoms with van der Waals surface area (Å²) in [4.78, 5) is 36.1. The molecule has 8 nitrogen and oxygen atoms in total. The number of nitrogens with zero attached hydrogens (tertiary/aromatic N) is 1. The Morgan fingerprint density at radius 2 is 1.82 bits per heavy atom. The number of nitrogens with one attached hydrogen (secondary N) is 1. The van der Waals surface area contributed by atoms with Gasteiger partial charge in [-0.25, -0.2) is 5.06 Å². The quantitative estimate of drug-likeness (QED) is 0.120. The van der Waals surface area contributed by atoms with E-state index in [4.69, 9.17) is 9.84 Å².